The molecule has 0 amide bonds. The summed E-state index contributed by atoms with van der Waals surface area (Å²) in [5.41, 5.74) is 21.1. The first-order chi connectivity index (χ1) is 63.7. The Labute approximate surface area is 744 Å². The monoisotopic (exact) mass is 1660 g/mol. The van der Waals surface area contributed by atoms with Gasteiger partial charge in [-0.15, -0.1) is 11.3 Å². The SMILES string of the molecule is CC1(C)c2ccccc2-c2c1c1ccccc1c1c2ccc2cc(-c3nc4c(ccc5ccccc54)nc3-c3ccccc3)ccc21.c1ccc(-c2nc(-c3ccc4c(ccc5ccc6c(ccc7c8ccccc8oc76)c54)c3)nc3ccccc23)cc1.c1ccc(-c2nc(-c3ccc4c(ccc5ccc6c(ccc7c8ccccc8sc76)c54)c3)nc3ccccc23)cc1. The zero-order valence-corrected chi connectivity index (χ0v) is 71.1. The number of para-hydroxylation sites is 3. The van der Waals surface area contributed by atoms with Crippen LogP contribution in [0.15, 0.2) is 417 Å². The van der Waals surface area contributed by atoms with Crippen molar-refractivity contribution in [2.24, 2.45) is 0 Å². The van der Waals surface area contributed by atoms with Gasteiger partial charge in [0.2, 0.25) is 0 Å². The topological polar surface area (TPSA) is 90.5 Å². The normalized spacial score (nSPS) is 12.5. The van der Waals surface area contributed by atoms with E-state index >= 15 is 0 Å². The molecule has 5 aromatic heterocycles. The van der Waals surface area contributed by atoms with E-state index < -0.39 is 0 Å². The van der Waals surface area contributed by atoms with Crippen molar-refractivity contribution in [2.45, 2.75) is 19.3 Å². The lowest BCUT2D eigenvalue weighted by Gasteiger charge is -2.24. The highest BCUT2D eigenvalue weighted by molar-refractivity contribution is 7.26. The molecular formula is C121H74N6OS. The van der Waals surface area contributed by atoms with Crippen LogP contribution in [0.2, 0.25) is 0 Å². The molecular weight excluding hydrogens is 1590 g/mol. The fourth-order valence-electron chi connectivity index (χ4n) is 20.9. The highest BCUT2D eigenvalue weighted by atomic mass is 32.1. The van der Waals surface area contributed by atoms with Crippen LogP contribution < -0.4 is 0 Å². The molecule has 27 aromatic rings. The highest BCUT2D eigenvalue weighted by Crippen LogP contribution is 2.56. The molecule has 600 valence electrons. The Morgan fingerprint density at radius 3 is 1.32 bits per heavy atom. The number of nitrogens with zero attached hydrogens (tertiary/aromatic N) is 6. The third-order valence-electron chi connectivity index (χ3n) is 26.9. The standard InChI is InChI=1S/C45H30N2.C38H22N2O.C38H22N2S/c1-45(2)37-19-11-10-18-35(37)40-36-24-20-29-26-30(21-23-31(29)39(36)33-16-8-9-17-34(33)41(40)45)43-42(28-13-4-3-5-14-28)46-38-25-22-27-12-6-7-15-32(27)44(38)47-43;2*1-2-8-24(9-3-1)36-32-11-4-6-12-33(32)39-38(40-36)26-17-18-27-25(22-26)15-14-23-16-19-31-29(35(23)27)20-21-30-28-10-5-7-13-34(28)41-37(30)31/h3-26H,1-2H3;2*1-22H. The van der Waals surface area contributed by atoms with Gasteiger partial charge in [-0.05, 0) is 174 Å². The van der Waals surface area contributed by atoms with Crippen LogP contribution in [0, 0.1) is 0 Å². The van der Waals surface area contributed by atoms with Crippen molar-refractivity contribution in [3.05, 3.63) is 424 Å². The molecule has 8 heteroatoms. The summed E-state index contributed by atoms with van der Waals surface area (Å²) < 4.78 is 9.06. The largest absolute Gasteiger partial charge is 0.455 e. The molecule has 7 nitrogen and oxygen atoms in total. The third kappa shape index (κ3) is 11.9. The summed E-state index contributed by atoms with van der Waals surface area (Å²) in [6, 6.07) is 147. The second-order valence-electron chi connectivity index (χ2n) is 34.5. The maximum atomic E-state index is 6.37. The summed E-state index contributed by atoms with van der Waals surface area (Å²) in [4.78, 5) is 30.8. The van der Waals surface area contributed by atoms with E-state index in [1.54, 1.807) is 0 Å². The number of hydrogen-bond acceptors (Lipinski definition) is 8. The van der Waals surface area contributed by atoms with Crippen molar-refractivity contribution in [2.75, 3.05) is 0 Å². The third-order valence-corrected chi connectivity index (χ3v) is 28.1. The second kappa shape index (κ2) is 29.3. The Hall–Kier alpha value is -16.5. The zero-order valence-electron chi connectivity index (χ0n) is 70.3. The molecule has 0 aliphatic heterocycles. The molecule has 0 atom stereocenters. The Morgan fingerprint density at radius 1 is 0.240 bits per heavy atom. The quantitative estimate of drug-likeness (QED) is 0.153. The predicted octanol–water partition coefficient (Wildman–Crippen LogP) is 33.0. The molecule has 0 bridgehead atoms. The summed E-state index contributed by atoms with van der Waals surface area (Å²) in [7, 11) is 0. The number of thiophene rings is 1. The van der Waals surface area contributed by atoms with Gasteiger partial charge in [0.25, 0.3) is 0 Å². The molecule has 0 saturated carbocycles. The van der Waals surface area contributed by atoms with E-state index in [1.807, 2.05) is 59.9 Å². The van der Waals surface area contributed by atoms with Gasteiger partial charge >= 0.3 is 0 Å². The van der Waals surface area contributed by atoms with E-state index in [0.717, 1.165) is 139 Å². The highest BCUT2D eigenvalue weighted by Gasteiger charge is 2.39. The minimum atomic E-state index is -0.0781. The molecule has 0 spiro atoms. The van der Waals surface area contributed by atoms with Crippen LogP contribution in [0.3, 0.4) is 0 Å². The number of fused-ring (bicyclic) bond motifs is 33. The van der Waals surface area contributed by atoms with Crippen molar-refractivity contribution in [1.29, 1.82) is 0 Å². The summed E-state index contributed by atoms with van der Waals surface area (Å²) in [5, 5.41) is 31.9. The molecule has 0 N–H and O–H groups in total. The Bertz CT molecular complexity index is 9080. The number of hydrogen-bond donors (Lipinski definition) is 0. The molecule has 0 unspecified atom stereocenters. The van der Waals surface area contributed by atoms with Gasteiger partial charge in [-0.2, -0.15) is 0 Å². The maximum absolute atomic E-state index is 6.37. The van der Waals surface area contributed by atoms with Crippen molar-refractivity contribution >= 4 is 194 Å². The summed E-state index contributed by atoms with van der Waals surface area (Å²) in [6.45, 7) is 4.75. The lowest BCUT2D eigenvalue weighted by atomic mass is 9.79. The van der Waals surface area contributed by atoms with E-state index in [0.29, 0.717) is 0 Å². The molecule has 129 heavy (non-hydrogen) atoms. The molecule has 0 saturated heterocycles. The Balaban J connectivity index is 0.000000102. The Morgan fingerprint density at radius 2 is 0.659 bits per heavy atom. The fourth-order valence-corrected chi connectivity index (χ4v) is 22.1. The van der Waals surface area contributed by atoms with E-state index in [9.17, 15) is 0 Å². The first-order valence-electron chi connectivity index (χ1n) is 44.0. The zero-order chi connectivity index (χ0) is 85.1. The van der Waals surface area contributed by atoms with Crippen molar-refractivity contribution in [1.82, 2.24) is 29.9 Å². The molecule has 0 radical (unpaired) electrons. The Kier molecular flexibility index (Phi) is 16.8. The molecule has 1 aliphatic carbocycles. The lowest BCUT2D eigenvalue weighted by Crippen LogP contribution is -2.15. The van der Waals surface area contributed by atoms with Crippen LogP contribution >= 0.6 is 11.3 Å². The average molecular weight is 1660 g/mol. The van der Waals surface area contributed by atoms with E-state index in [4.69, 9.17) is 34.3 Å². The number of rotatable bonds is 6. The maximum Gasteiger partial charge on any atom is 0.160 e. The van der Waals surface area contributed by atoms with Crippen molar-refractivity contribution < 1.29 is 4.42 Å². The van der Waals surface area contributed by atoms with Gasteiger partial charge in [-0.1, -0.05) is 366 Å². The van der Waals surface area contributed by atoms with Gasteiger partial charge in [-0.25, -0.2) is 29.9 Å². The number of benzene rings is 22. The molecule has 0 fully saturated rings. The second-order valence-corrected chi connectivity index (χ2v) is 35.5. The van der Waals surface area contributed by atoms with Gasteiger partial charge in [0.15, 0.2) is 11.6 Å². The van der Waals surface area contributed by atoms with E-state index in [1.165, 1.54) is 134 Å². The van der Waals surface area contributed by atoms with Crippen molar-refractivity contribution in [3.8, 4) is 78.9 Å². The van der Waals surface area contributed by atoms with Crippen LogP contribution in [-0.2, 0) is 5.41 Å². The van der Waals surface area contributed by atoms with Crippen LogP contribution in [0.25, 0.3) is 262 Å². The number of furan rings is 1. The van der Waals surface area contributed by atoms with Gasteiger partial charge < -0.3 is 4.42 Å². The first-order valence-corrected chi connectivity index (χ1v) is 44.8. The van der Waals surface area contributed by atoms with Gasteiger partial charge in [0.05, 0.1) is 44.8 Å². The van der Waals surface area contributed by atoms with Crippen LogP contribution in [-0.4, -0.2) is 29.9 Å². The number of aromatic nitrogens is 6. The van der Waals surface area contributed by atoms with Crippen LogP contribution in [0.5, 0.6) is 0 Å². The van der Waals surface area contributed by atoms with E-state index in [-0.39, 0.29) is 5.41 Å². The molecule has 22 aromatic carbocycles. The molecule has 5 heterocycles. The van der Waals surface area contributed by atoms with Gasteiger partial charge in [0.1, 0.15) is 11.2 Å². The van der Waals surface area contributed by atoms with Crippen LogP contribution in [0.4, 0.5) is 0 Å². The average Bonchev–Trinajstić information content (AvgIpc) is 1.54. The minimum Gasteiger partial charge on any atom is -0.455 e. The minimum absolute atomic E-state index is 0.0781. The predicted molar refractivity (Wildman–Crippen MR) is 544 cm³/mol. The molecule has 28 rings (SSSR count). The summed E-state index contributed by atoms with van der Waals surface area (Å²) in [6.07, 6.45) is 0. The smallest absolute Gasteiger partial charge is 0.160 e. The van der Waals surface area contributed by atoms with Gasteiger partial charge in [-0.3, -0.25) is 0 Å². The molecule has 1 aliphatic rings. The van der Waals surface area contributed by atoms with Crippen molar-refractivity contribution in [3.63, 3.8) is 0 Å². The summed E-state index contributed by atoms with van der Waals surface area (Å²) in [5.74, 6) is 1.47. The van der Waals surface area contributed by atoms with Gasteiger partial charge in [0, 0.05) is 96.7 Å². The first kappa shape index (κ1) is 74.0. The van der Waals surface area contributed by atoms with Crippen LogP contribution in [0.1, 0.15) is 25.0 Å². The fraction of sp³-hybridized carbons (Fsp3) is 0.0248. The summed E-state index contributed by atoms with van der Waals surface area (Å²) >= 11 is 1.89. The van der Waals surface area contributed by atoms with E-state index in [2.05, 4.69) is 378 Å². The lowest BCUT2D eigenvalue weighted by molar-refractivity contribution is 0.666.